The molecule has 1 unspecified atom stereocenters. The number of nitrogens with one attached hydrogen (secondary N) is 1. The summed E-state index contributed by atoms with van der Waals surface area (Å²) in [5, 5.41) is 7.15. The normalized spacial score (nSPS) is 12.3. The Balaban J connectivity index is 1.64. The van der Waals surface area contributed by atoms with E-state index in [1.807, 2.05) is 12.1 Å². The molecule has 3 rings (SSSR count). The summed E-state index contributed by atoms with van der Waals surface area (Å²) in [7, 11) is 1.37. The van der Waals surface area contributed by atoms with Gasteiger partial charge in [-0.05, 0) is 11.5 Å². The molecule has 0 amide bonds. The number of carbonyl (C=O) groups is 1. The summed E-state index contributed by atoms with van der Waals surface area (Å²) >= 11 is 1.49. The average molecular weight is 386 g/mol. The molecule has 0 saturated heterocycles. The quantitative estimate of drug-likeness (QED) is 0.595. The maximum atomic E-state index is 12.0. The van der Waals surface area contributed by atoms with Crippen LogP contribution >= 0.6 is 11.3 Å². The number of methoxy groups -OCH3 is 1. The predicted octanol–water partition coefficient (Wildman–Crippen LogP) is 3.19. The van der Waals surface area contributed by atoms with E-state index in [-0.39, 0.29) is 12.5 Å². The lowest BCUT2D eigenvalue weighted by molar-refractivity contribution is -0.143. The zero-order chi connectivity index (χ0) is 19.2. The summed E-state index contributed by atoms with van der Waals surface area (Å²) in [6, 6.07) is 7.60. The Bertz CT molecular complexity index is 859. The summed E-state index contributed by atoms with van der Waals surface area (Å²) in [6.07, 6.45) is 2.24. The van der Waals surface area contributed by atoms with Gasteiger partial charge in [-0.15, -0.1) is 11.3 Å². The van der Waals surface area contributed by atoms with Crippen molar-refractivity contribution in [2.75, 3.05) is 7.11 Å². The predicted molar refractivity (Wildman–Crippen MR) is 102 cm³/mol. The molecule has 2 heterocycles. The Morgan fingerprint density at radius 1 is 1.30 bits per heavy atom. The maximum Gasteiger partial charge on any atom is 0.323 e. The van der Waals surface area contributed by atoms with Gasteiger partial charge in [-0.2, -0.15) is 4.98 Å². The van der Waals surface area contributed by atoms with Crippen LogP contribution in [0.25, 0.3) is 11.4 Å². The summed E-state index contributed by atoms with van der Waals surface area (Å²) in [4.78, 5) is 21.4. The number of aromatic nitrogens is 3. The first-order chi connectivity index (χ1) is 13.1. The van der Waals surface area contributed by atoms with Crippen molar-refractivity contribution in [1.82, 2.24) is 20.4 Å². The van der Waals surface area contributed by atoms with Gasteiger partial charge in [-0.1, -0.05) is 43.3 Å². The molecular formula is C19H22N4O3S. The highest BCUT2D eigenvalue weighted by Crippen LogP contribution is 2.20. The highest BCUT2D eigenvalue weighted by Gasteiger charge is 2.21. The highest BCUT2D eigenvalue weighted by atomic mass is 32.1. The van der Waals surface area contributed by atoms with Crippen molar-refractivity contribution in [3.05, 3.63) is 52.3 Å². The fourth-order valence-electron chi connectivity index (χ4n) is 2.60. The Morgan fingerprint density at radius 2 is 2.07 bits per heavy atom. The molecule has 0 spiro atoms. The van der Waals surface area contributed by atoms with Crippen LogP contribution in [0.4, 0.5) is 0 Å². The Kier molecular flexibility index (Phi) is 6.31. The van der Waals surface area contributed by atoms with E-state index in [9.17, 15) is 4.79 Å². The molecule has 27 heavy (non-hydrogen) atoms. The first-order valence-electron chi connectivity index (χ1n) is 8.68. The number of benzene rings is 1. The minimum atomic E-state index is -0.504. The molecule has 1 aromatic carbocycles. The van der Waals surface area contributed by atoms with Crippen molar-refractivity contribution in [2.24, 2.45) is 0 Å². The number of hydrogen-bond donors (Lipinski definition) is 1. The van der Waals surface area contributed by atoms with E-state index in [1.54, 1.807) is 11.7 Å². The van der Waals surface area contributed by atoms with Gasteiger partial charge in [0.15, 0.2) is 0 Å². The third kappa shape index (κ3) is 4.99. The first-order valence-corrected chi connectivity index (χ1v) is 9.56. The molecule has 0 radical (unpaired) electrons. The van der Waals surface area contributed by atoms with Gasteiger partial charge in [0.05, 0.1) is 19.2 Å². The lowest BCUT2D eigenvalue weighted by Crippen LogP contribution is -2.38. The summed E-state index contributed by atoms with van der Waals surface area (Å²) in [5.41, 5.74) is 3.88. The molecular weight excluding hydrogens is 364 g/mol. The third-order valence-corrected chi connectivity index (χ3v) is 4.98. The smallest absolute Gasteiger partial charge is 0.323 e. The molecule has 0 aliphatic carbocycles. The van der Waals surface area contributed by atoms with Crippen LogP contribution in [0.1, 0.15) is 36.1 Å². The zero-order valence-corrected chi connectivity index (χ0v) is 16.3. The van der Waals surface area contributed by atoms with Crippen molar-refractivity contribution in [3.8, 4) is 11.4 Å². The second-order valence-electron chi connectivity index (χ2n) is 6.42. The van der Waals surface area contributed by atoms with Gasteiger partial charge in [0.25, 0.3) is 0 Å². The minimum Gasteiger partial charge on any atom is -0.468 e. The van der Waals surface area contributed by atoms with Crippen molar-refractivity contribution >= 4 is 17.3 Å². The zero-order valence-electron chi connectivity index (χ0n) is 15.5. The second-order valence-corrected chi connectivity index (χ2v) is 7.39. The van der Waals surface area contributed by atoms with Crippen LogP contribution < -0.4 is 5.32 Å². The van der Waals surface area contributed by atoms with Gasteiger partial charge in [0.1, 0.15) is 6.04 Å². The lowest BCUT2D eigenvalue weighted by atomic mass is 10.0. The number of carbonyl (C=O) groups excluding carboxylic acids is 1. The molecule has 1 N–H and O–H groups in total. The monoisotopic (exact) mass is 386 g/mol. The van der Waals surface area contributed by atoms with Crippen LogP contribution in [-0.4, -0.2) is 34.2 Å². The number of thiazole rings is 1. The fourth-order valence-corrected chi connectivity index (χ4v) is 3.24. The number of esters is 1. The van der Waals surface area contributed by atoms with E-state index in [0.29, 0.717) is 24.1 Å². The SMILES string of the molecule is COC(=O)C(Cc1cncs1)NCc1nc(-c2ccc(C(C)C)cc2)no1. The van der Waals surface area contributed by atoms with E-state index >= 15 is 0 Å². The van der Waals surface area contributed by atoms with Crippen molar-refractivity contribution < 1.29 is 14.1 Å². The van der Waals surface area contributed by atoms with Gasteiger partial charge >= 0.3 is 5.97 Å². The van der Waals surface area contributed by atoms with Gasteiger partial charge in [-0.3, -0.25) is 15.1 Å². The van der Waals surface area contributed by atoms with E-state index in [4.69, 9.17) is 9.26 Å². The molecule has 1 atom stereocenters. The van der Waals surface area contributed by atoms with Crippen molar-refractivity contribution in [2.45, 2.75) is 38.8 Å². The van der Waals surface area contributed by atoms with Crippen LogP contribution in [0.5, 0.6) is 0 Å². The molecule has 8 heteroatoms. The number of rotatable bonds is 8. The molecule has 0 aliphatic rings. The number of hydrogen-bond acceptors (Lipinski definition) is 8. The topological polar surface area (TPSA) is 90.1 Å². The Labute approximate surface area is 161 Å². The molecule has 2 aromatic heterocycles. The summed E-state index contributed by atoms with van der Waals surface area (Å²) in [6.45, 7) is 4.57. The van der Waals surface area contributed by atoms with Crippen molar-refractivity contribution in [3.63, 3.8) is 0 Å². The minimum absolute atomic E-state index is 0.273. The van der Waals surface area contributed by atoms with Crippen LogP contribution in [0.2, 0.25) is 0 Å². The Morgan fingerprint density at radius 3 is 2.70 bits per heavy atom. The highest BCUT2D eigenvalue weighted by molar-refractivity contribution is 7.09. The first kappa shape index (κ1) is 19.2. The Hall–Kier alpha value is -2.58. The van der Waals surface area contributed by atoms with Crippen LogP contribution in [0.15, 0.2) is 40.5 Å². The van der Waals surface area contributed by atoms with E-state index < -0.39 is 6.04 Å². The standard InChI is InChI=1S/C19H22N4O3S/c1-12(2)13-4-6-14(7-5-13)18-22-17(26-23-18)10-21-16(19(24)25-3)8-15-9-20-11-27-15/h4-7,9,11-12,16,21H,8,10H2,1-3H3. The van der Waals surface area contributed by atoms with Crippen molar-refractivity contribution in [1.29, 1.82) is 0 Å². The summed E-state index contributed by atoms with van der Waals surface area (Å²) < 4.78 is 10.2. The second kappa shape index (κ2) is 8.88. The van der Waals surface area contributed by atoms with E-state index in [0.717, 1.165) is 10.4 Å². The van der Waals surface area contributed by atoms with Gasteiger partial charge in [-0.25, -0.2) is 0 Å². The molecule has 0 saturated carbocycles. The average Bonchev–Trinajstić information content (AvgIpc) is 3.36. The van der Waals surface area contributed by atoms with Gasteiger partial charge in [0, 0.05) is 23.1 Å². The molecule has 0 bridgehead atoms. The largest absolute Gasteiger partial charge is 0.468 e. The maximum absolute atomic E-state index is 12.0. The van der Waals surface area contributed by atoms with Gasteiger partial charge in [0.2, 0.25) is 11.7 Å². The van der Waals surface area contributed by atoms with E-state index in [1.165, 1.54) is 24.0 Å². The lowest BCUT2D eigenvalue weighted by Gasteiger charge is -2.14. The molecule has 142 valence electrons. The summed E-state index contributed by atoms with van der Waals surface area (Å²) in [5.74, 6) is 1.07. The van der Waals surface area contributed by atoms with Crippen LogP contribution in [0.3, 0.4) is 0 Å². The molecule has 0 fully saturated rings. The fraction of sp³-hybridized carbons (Fsp3) is 0.368. The molecule has 3 aromatic rings. The molecule has 0 aliphatic heterocycles. The van der Waals surface area contributed by atoms with Crippen LogP contribution in [-0.2, 0) is 22.5 Å². The number of ether oxygens (including phenoxy) is 1. The number of nitrogens with zero attached hydrogens (tertiary/aromatic N) is 3. The third-order valence-electron chi connectivity index (χ3n) is 4.18. The van der Waals surface area contributed by atoms with E-state index in [2.05, 4.69) is 46.4 Å². The van der Waals surface area contributed by atoms with Gasteiger partial charge < -0.3 is 9.26 Å². The van der Waals surface area contributed by atoms with Crippen LogP contribution in [0, 0.1) is 0 Å². The molecule has 7 nitrogen and oxygen atoms in total.